The van der Waals surface area contributed by atoms with Crippen LogP contribution in [0.15, 0.2) is 51.8 Å². The Bertz CT molecular complexity index is 911. The summed E-state index contributed by atoms with van der Waals surface area (Å²) in [5, 5.41) is 0. The predicted molar refractivity (Wildman–Crippen MR) is 94.8 cm³/mol. The standard InChI is InChI=1S/C17H16BrNO4S/c1-11-9-12-5-3-4-6-15(12)19(11)24(21,22)16-8-7-13(18)10-14(16)17(20)23-2/h3-8,10-11H,9H2,1-2H3. The number of hydrogen-bond donors (Lipinski definition) is 0. The number of sulfonamides is 1. The minimum Gasteiger partial charge on any atom is -0.465 e. The average Bonchev–Trinajstić information content (AvgIpc) is 2.90. The highest BCUT2D eigenvalue weighted by Gasteiger charge is 2.37. The lowest BCUT2D eigenvalue weighted by molar-refractivity contribution is 0.0596. The zero-order chi connectivity index (χ0) is 17.5. The molecule has 0 saturated carbocycles. The van der Waals surface area contributed by atoms with Gasteiger partial charge in [-0.25, -0.2) is 13.2 Å². The molecular formula is C17H16BrNO4S. The Labute approximate surface area is 149 Å². The van der Waals surface area contributed by atoms with Crippen LogP contribution >= 0.6 is 15.9 Å². The Morgan fingerprint density at radius 1 is 1.25 bits per heavy atom. The number of benzene rings is 2. The van der Waals surface area contributed by atoms with Crippen LogP contribution in [0.1, 0.15) is 22.8 Å². The molecule has 0 saturated heterocycles. The molecule has 126 valence electrons. The number of nitrogens with zero attached hydrogens (tertiary/aromatic N) is 1. The van der Waals surface area contributed by atoms with Crippen LogP contribution < -0.4 is 4.31 Å². The molecular weight excluding hydrogens is 394 g/mol. The number of anilines is 1. The molecule has 1 heterocycles. The zero-order valence-electron chi connectivity index (χ0n) is 13.2. The van der Waals surface area contributed by atoms with Gasteiger partial charge >= 0.3 is 5.97 Å². The highest BCUT2D eigenvalue weighted by molar-refractivity contribution is 9.10. The maximum Gasteiger partial charge on any atom is 0.339 e. The second kappa shape index (κ2) is 6.22. The van der Waals surface area contributed by atoms with Crippen molar-refractivity contribution < 1.29 is 17.9 Å². The van der Waals surface area contributed by atoms with E-state index in [4.69, 9.17) is 4.74 Å². The molecule has 1 atom stereocenters. The molecule has 0 radical (unpaired) electrons. The lowest BCUT2D eigenvalue weighted by atomic mass is 10.1. The van der Waals surface area contributed by atoms with E-state index < -0.39 is 16.0 Å². The van der Waals surface area contributed by atoms with Gasteiger partial charge in [0.2, 0.25) is 0 Å². The third kappa shape index (κ3) is 2.71. The van der Waals surface area contributed by atoms with Gasteiger partial charge < -0.3 is 4.74 Å². The van der Waals surface area contributed by atoms with Gasteiger partial charge in [-0.2, -0.15) is 0 Å². The summed E-state index contributed by atoms with van der Waals surface area (Å²) < 4.78 is 33.3. The number of esters is 1. The van der Waals surface area contributed by atoms with Crippen LogP contribution in [0.2, 0.25) is 0 Å². The molecule has 0 spiro atoms. The summed E-state index contributed by atoms with van der Waals surface area (Å²) in [6.45, 7) is 1.86. The summed E-state index contributed by atoms with van der Waals surface area (Å²) in [6.07, 6.45) is 0.638. The largest absolute Gasteiger partial charge is 0.465 e. The van der Waals surface area contributed by atoms with Gasteiger partial charge in [0.1, 0.15) is 4.90 Å². The SMILES string of the molecule is COC(=O)c1cc(Br)ccc1S(=O)(=O)N1c2ccccc2CC1C. The minimum absolute atomic E-state index is 0.0171. The van der Waals surface area contributed by atoms with E-state index in [1.165, 1.54) is 23.5 Å². The van der Waals surface area contributed by atoms with Crippen LogP contribution in [-0.2, 0) is 21.2 Å². The summed E-state index contributed by atoms with van der Waals surface area (Å²) in [6, 6.07) is 11.7. The maximum absolute atomic E-state index is 13.3. The van der Waals surface area contributed by atoms with E-state index in [0.29, 0.717) is 16.6 Å². The first-order chi connectivity index (χ1) is 11.4. The Balaban J connectivity index is 2.18. The van der Waals surface area contributed by atoms with E-state index in [1.54, 1.807) is 12.1 Å². The molecule has 0 aliphatic carbocycles. The fraction of sp³-hybridized carbons (Fsp3) is 0.235. The lowest BCUT2D eigenvalue weighted by Gasteiger charge is -2.25. The molecule has 0 fully saturated rings. The van der Waals surface area contributed by atoms with Crippen molar-refractivity contribution in [3.63, 3.8) is 0 Å². The molecule has 2 aromatic carbocycles. The fourth-order valence-corrected chi connectivity index (χ4v) is 5.22. The molecule has 2 aromatic rings. The number of carbonyl (C=O) groups is 1. The first-order valence-corrected chi connectivity index (χ1v) is 9.59. The lowest BCUT2D eigenvalue weighted by Crippen LogP contribution is -2.36. The van der Waals surface area contributed by atoms with E-state index in [9.17, 15) is 13.2 Å². The molecule has 5 nitrogen and oxygen atoms in total. The van der Waals surface area contributed by atoms with Gasteiger partial charge in [0.15, 0.2) is 0 Å². The van der Waals surface area contributed by atoms with Gasteiger partial charge in [0, 0.05) is 10.5 Å². The van der Waals surface area contributed by atoms with Crippen molar-refractivity contribution in [1.82, 2.24) is 0 Å². The van der Waals surface area contributed by atoms with Gasteiger partial charge in [-0.15, -0.1) is 0 Å². The van der Waals surface area contributed by atoms with Crippen molar-refractivity contribution in [3.8, 4) is 0 Å². The summed E-state index contributed by atoms with van der Waals surface area (Å²) in [7, 11) is -2.66. The molecule has 0 aromatic heterocycles. The van der Waals surface area contributed by atoms with Gasteiger partial charge in [0.05, 0.1) is 18.4 Å². The average molecular weight is 410 g/mol. The molecule has 7 heteroatoms. The third-order valence-electron chi connectivity index (χ3n) is 4.03. The van der Waals surface area contributed by atoms with Crippen LogP contribution in [0, 0.1) is 0 Å². The predicted octanol–water partition coefficient (Wildman–Crippen LogP) is 3.38. The topological polar surface area (TPSA) is 63.7 Å². The quantitative estimate of drug-likeness (QED) is 0.728. The molecule has 3 rings (SSSR count). The van der Waals surface area contributed by atoms with E-state index in [2.05, 4.69) is 15.9 Å². The first kappa shape index (κ1) is 17.0. The van der Waals surface area contributed by atoms with Gasteiger partial charge in [-0.05, 0) is 43.2 Å². The number of para-hydroxylation sites is 1. The third-order valence-corrected chi connectivity index (χ3v) is 6.51. The Hall–Kier alpha value is -1.86. The highest BCUT2D eigenvalue weighted by Crippen LogP contribution is 2.37. The number of hydrogen-bond acceptors (Lipinski definition) is 4. The van der Waals surface area contributed by atoms with E-state index in [0.717, 1.165) is 5.56 Å². The van der Waals surface area contributed by atoms with Crippen molar-refractivity contribution in [1.29, 1.82) is 0 Å². The first-order valence-electron chi connectivity index (χ1n) is 7.36. The van der Waals surface area contributed by atoms with Gasteiger partial charge in [-0.3, -0.25) is 4.31 Å². The summed E-state index contributed by atoms with van der Waals surface area (Å²) in [5.41, 5.74) is 1.65. The zero-order valence-corrected chi connectivity index (χ0v) is 15.6. The molecule has 1 aliphatic heterocycles. The molecule has 1 unspecified atom stereocenters. The normalized spacial score (nSPS) is 16.8. The van der Waals surface area contributed by atoms with E-state index in [-0.39, 0.29) is 16.5 Å². The Morgan fingerprint density at radius 2 is 1.96 bits per heavy atom. The van der Waals surface area contributed by atoms with Crippen molar-refractivity contribution >= 4 is 37.6 Å². The number of carbonyl (C=O) groups excluding carboxylic acids is 1. The number of halogens is 1. The number of ether oxygens (including phenoxy) is 1. The monoisotopic (exact) mass is 409 g/mol. The van der Waals surface area contributed by atoms with Crippen LogP contribution in [0.4, 0.5) is 5.69 Å². The second-order valence-electron chi connectivity index (χ2n) is 5.61. The molecule has 24 heavy (non-hydrogen) atoms. The molecule has 1 aliphatic rings. The van der Waals surface area contributed by atoms with Crippen molar-refractivity contribution in [2.24, 2.45) is 0 Å². The Morgan fingerprint density at radius 3 is 2.67 bits per heavy atom. The number of methoxy groups -OCH3 is 1. The van der Waals surface area contributed by atoms with Gasteiger partial charge in [-0.1, -0.05) is 34.1 Å². The molecule has 0 bridgehead atoms. The number of rotatable bonds is 3. The van der Waals surface area contributed by atoms with Crippen LogP contribution in [-0.4, -0.2) is 27.5 Å². The molecule has 0 N–H and O–H groups in total. The van der Waals surface area contributed by atoms with E-state index in [1.807, 2.05) is 25.1 Å². The fourth-order valence-electron chi connectivity index (χ4n) is 3.01. The van der Waals surface area contributed by atoms with Gasteiger partial charge in [0.25, 0.3) is 10.0 Å². The highest BCUT2D eigenvalue weighted by atomic mass is 79.9. The summed E-state index contributed by atoms with van der Waals surface area (Å²) in [5.74, 6) is -0.685. The summed E-state index contributed by atoms with van der Waals surface area (Å²) >= 11 is 3.27. The summed E-state index contributed by atoms with van der Waals surface area (Å²) in [4.78, 5) is 12.0. The maximum atomic E-state index is 13.3. The van der Waals surface area contributed by atoms with Crippen molar-refractivity contribution in [3.05, 3.63) is 58.1 Å². The molecule has 0 amide bonds. The van der Waals surface area contributed by atoms with Crippen molar-refractivity contribution in [2.75, 3.05) is 11.4 Å². The smallest absolute Gasteiger partial charge is 0.339 e. The van der Waals surface area contributed by atoms with Crippen LogP contribution in [0.25, 0.3) is 0 Å². The Kier molecular flexibility index (Phi) is 4.40. The second-order valence-corrected chi connectivity index (χ2v) is 8.31. The minimum atomic E-state index is -3.89. The van der Waals surface area contributed by atoms with Crippen LogP contribution in [0.3, 0.4) is 0 Å². The van der Waals surface area contributed by atoms with Crippen molar-refractivity contribution in [2.45, 2.75) is 24.3 Å². The van der Waals surface area contributed by atoms with Crippen LogP contribution in [0.5, 0.6) is 0 Å². The number of fused-ring (bicyclic) bond motifs is 1. The van der Waals surface area contributed by atoms with E-state index >= 15 is 0 Å².